The predicted octanol–water partition coefficient (Wildman–Crippen LogP) is 3.89. The topological polar surface area (TPSA) is 45.9 Å². The molecule has 0 saturated heterocycles. The third-order valence-corrected chi connectivity index (χ3v) is 4.00. The van der Waals surface area contributed by atoms with Crippen LogP contribution in [0.15, 0.2) is 18.2 Å². The van der Waals surface area contributed by atoms with Crippen molar-refractivity contribution in [2.24, 2.45) is 0 Å². The van der Waals surface area contributed by atoms with Crippen LogP contribution in [0, 0.1) is 11.3 Å². The van der Waals surface area contributed by atoms with Crippen molar-refractivity contribution in [2.45, 2.75) is 32.6 Å². The molecule has 0 aliphatic rings. The average molecular weight is 260 g/mol. The van der Waals surface area contributed by atoms with Gasteiger partial charge in [-0.2, -0.15) is 5.26 Å². The molecule has 1 heterocycles. The summed E-state index contributed by atoms with van der Waals surface area (Å²) in [5.74, 6) is 0.811. The maximum Gasteiger partial charge on any atom is 0.146 e. The Morgan fingerprint density at radius 2 is 2.22 bits per heavy atom. The molecule has 0 N–H and O–H groups in total. The minimum Gasteiger partial charge on any atom is -0.491 e. The zero-order chi connectivity index (χ0) is 13.2. The van der Waals surface area contributed by atoms with Crippen molar-refractivity contribution < 1.29 is 4.74 Å². The van der Waals surface area contributed by atoms with E-state index < -0.39 is 5.41 Å². The zero-order valence-corrected chi connectivity index (χ0v) is 11.7. The lowest BCUT2D eigenvalue weighted by molar-refractivity contribution is 0.320. The summed E-state index contributed by atoms with van der Waals surface area (Å²) in [7, 11) is 0. The Balaban J connectivity index is 2.48. The Hall–Kier alpha value is -1.60. The molecule has 1 aromatic heterocycles. The van der Waals surface area contributed by atoms with Crippen LogP contribution in [-0.4, -0.2) is 11.6 Å². The Bertz CT molecular complexity index is 595. The molecule has 2 aromatic rings. The predicted molar refractivity (Wildman–Crippen MR) is 74.0 cm³/mol. The standard InChI is InChI=1S/C14H16N2OS/c1-4-8-17-10-6-5-7-11-12(10)16-13(18-11)14(2,3)9-15/h5-7H,4,8H2,1-3H3. The number of benzene rings is 1. The normalized spacial score (nSPS) is 11.4. The molecule has 18 heavy (non-hydrogen) atoms. The van der Waals surface area contributed by atoms with Gasteiger partial charge in [0.05, 0.1) is 17.4 Å². The second kappa shape index (κ2) is 4.95. The molecule has 0 saturated carbocycles. The molecule has 0 atom stereocenters. The number of fused-ring (bicyclic) bond motifs is 1. The molecule has 0 aliphatic carbocycles. The molecule has 94 valence electrons. The number of aromatic nitrogens is 1. The molecule has 0 spiro atoms. The number of rotatable bonds is 4. The molecular formula is C14H16N2OS. The van der Waals surface area contributed by atoms with E-state index in [0.717, 1.165) is 27.4 Å². The van der Waals surface area contributed by atoms with Gasteiger partial charge in [-0.1, -0.05) is 13.0 Å². The average Bonchev–Trinajstić information content (AvgIpc) is 2.81. The van der Waals surface area contributed by atoms with Crippen LogP contribution < -0.4 is 4.74 Å². The molecule has 0 aliphatic heterocycles. The van der Waals surface area contributed by atoms with Gasteiger partial charge in [0.25, 0.3) is 0 Å². The van der Waals surface area contributed by atoms with Gasteiger partial charge in [-0.15, -0.1) is 11.3 Å². The summed E-state index contributed by atoms with van der Waals surface area (Å²) in [6, 6.07) is 8.20. The smallest absolute Gasteiger partial charge is 0.146 e. The lowest BCUT2D eigenvalue weighted by atomic mass is 9.97. The molecule has 0 radical (unpaired) electrons. The van der Waals surface area contributed by atoms with Crippen molar-refractivity contribution in [3.05, 3.63) is 23.2 Å². The zero-order valence-electron chi connectivity index (χ0n) is 10.9. The Morgan fingerprint density at radius 1 is 1.44 bits per heavy atom. The van der Waals surface area contributed by atoms with Gasteiger partial charge in [0, 0.05) is 0 Å². The summed E-state index contributed by atoms with van der Waals surface area (Å²) in [5, 5.41) is 10.0. The van der Waals surface area contributed by atoms with Gasteiger partial charge in [-0.05, 0) is 32.4 Å². The van der Waals surface area contributed by atoms with Crippen molar-refractivity contribution in [1.82, 2.24) is 4.98 Å². The maximum atomic E-state index is 9.17. The highest BCUT2D eigenvalue weighted by Crippen LogP contribution is 2.35. The molecular weight excluding hydrogens is 244 g/mol. The Kier molecular flexibility index (Phi) is 3.53. The number of thiazole rings is 1. The van der Waals surface area contributed by atoms with Crippen LogP contribution in [0.4, 0.5) is 0 Å². The second-order valence-electron chi connectivity index (χ2n) is 4.71. The molecule has 3 nitrogen and oxygen atoms in total. The fraction of sp³-hybridized carbons (Fsp3) is 0.429. The third-order valence-electron chi connectivity index (χ3n) is 2.66. The van der Waals surface area contributed by atoms with Crippen molar-refractivity contribution in [2.75, 3.05) is 6.61 Å². The van der Waals surface area contributed by atoms with Gasteiger partial charge < -0.3 is 4.74 Å². The van der Waals surface area contributed by atoms with E-state index >= 15 is 0 Å². The number of hydrogen-bond acceptors (Lipinski definition) is 4. The number of ether oxygens (including phenoxy) is 1. The quantitative estimate of drug-likeness (QED) is 0.838. The van der Waals surface area contributed by atoms with E-state index in [2.05, 4.69) is 18.0 Å². The first kappa shape index (κ1) is 12.8. The molecule has 0 amide bonds. The summed E-state index contributed by atoms with van der Waals surface area (Å²) >= 11 is 1.56. The van der Waals surface area contributed by atoms with Crippen LogP contribution in [0.3, 0.4) is 0 Å². The van der Waals surface area contributed by atoms with Gasteiger partial charge >= 0.3 is 0 Å². The molecule has 4 heteroatoms. The van der Waals surface area contributed by atoms with E-state index in [1.54, 1.807) is 11.3 Å². The summed E-state index contributed by atoms with van der Waals surface area (Å²) in [4.78, 5) is 4.58. The van der Waals surface area contributed by atoms with Crippen LogP contribution in [0.1, 0.15) is 32.2 Å². The van der Waals surface area contributed by atoms with Crippen molar-refractivity contribution in [1.29, 1.82) is 5.26 Å². The van der Waals surface area contributed by atoms with Gasteiger partial charge in [0.15, 0.2) is 0 Å². The first-order chi connectivity index (χ1) is 8.58. The Labute approximate surface area is 111 Å². The molecule has 1 aromatic carbocycles. The highest BCUT2D eigenvalue weighted by molar-refractivity contribution is 7.18. The van der Waals surface area contributed by atoms with Crippen LogP contribution >= 0.6 is 11.3 Å². The first-order valence-corrected chi connectivity index (χ1v) is 6.84. The summed E-state index contributed by atoms with van der Waals surface area (Å²) < 4.78 is 6.76. The van der Waals surface area contributed by atoms with E-state index in [1.807, 2.05) is 32.0 Å². The number of nitriles is 1. The fourth-order valence-corrected chi connectivity index (χ4v) is 2.60. The van der Waals surface area contributed by atoms with Crippen molar-refractivity contribution in [3.63, 3.8) is 0 Å². The lowest BCUT2D eigenvalue weighted by Crippen LogP contribution is -2.12. The fourth-order valence-electron chi connectivity index (χ4n) is 1.57. The minimum absolute atomic E-state index is 0.550. The third kappa shape index (κ3) is 2.32. The highest BCUT2D eigenvalue weighted by Gasteiger charge is 2.25. The van der Waals surface area contributed by atoms with E-state index in [0.29, 0.717) is 6.61 Å². The van der Waals surface area contributed by atoms with Crippen molar-refractivity contribution >= 4 is 21.6 Å². The van der Waals surface area contributed by atoms with Gasteiger partial charge in [-0.3, -0.25) is 0 Å². The number of para-hydroxylation sites is 1. The minimum atomic E-state index is -0.550. The maximum absolute atomic E-state index is 9.17. The van der Waals surface area contributed by atoms with Crippen molar-refractivity contribution in [3.8, 4) is 11.8 Å². The SMILES string of the molecule is CCCOc1cccc2sc(C(C)(C)C#N)nc12. The number of hydrogen-bond donors (Lipinski definition) is 0. The van der Waals surface area contributed by atoms with Crippen LogP contribution in [0.2, 0.25) is 0 Å². The largest absolute Gasteiger partial charge is 0.491 e. The molecule has 2 rings (SSSR count). The Morgan fingerprint density at radius 3 is 2.89 bits per heavy atom. The van der Waals surface area contributed by atoms with Crippen LogP contribution in [0.5, 0.6) is 5.75 Å². The molecule has 0 fully saturated rings. The van der Waals surface area contributed by atoms with Crippen LogP contribution in [0.25, 0.3) is 10.2 Å². The lowest BCUT2D eigenvalue weighted by Gasteiger charge is -2.09. The van der Waals surface area contributed by atoms with E-state index in [4.69, 9.17) is 10.00 Å². The van der Waals surface area contributed by atoms with E-state index in [-0.39, 0.29) is 0 Å². The van der Waals surface area contributed by atoms with Gasteiger partial charge in [-0.25, -0.2) is 4.98 Å². The highest BCUT2D eigenvalue weighted by atomic mass is 32.1. The molecule has 0 unspecified atom stereocenters. The summed E-state index contributed by atoms with van der Waals surface area (Å²) in [6.45, 7) is 6.54. The summed E-state index contributed by atoms with van der Waals surface area (Å²) in [5.41, 5.74) is 0.320. The summed E-state index contributed by atoms with van der Waals surface area (Å²) in [6.07, 6.45) is 0.969. The van der Waals surface area contributed by atoms with Crippen LogP contribution in [-0.2, 0) is 5.41 Å². The van der Waals surface area contributed by atoms with E-state index in [9.17, 15) is 0 Å². The monoisotopic (exact) mass is 260 g/mol. The van der Waals surface area contributed by atoms with Gasteiger partial charge in [0.1, 0.15) is 21.7 Å². The number of nitrogens with zero attached hydrogens (tertiary/aromatic N) is 2. The van der Waals surface area contributed by atoms with E-state index in [1.165, 1.54) is 0 Å². The first-order valence-electron chi connectivity index (χ1n) is 6.02. The molecule has 0 bridgehead atoms. The van der Waals surface area contributed by atoms with Gasteiger partial charge in [0.2, 0.25) is 0 Å². The second-order valence-corrected chi connectivity index (χ2v) is 5.74.